The number of benzene rings is 1. The highest BCUT2D eigenvalue weighted by molar-refractivity contribution is 5.95. The number of piperazine rings is 1. The van der Waals surface area contributed by atoms with Crippen molar-refractivity contribution in [3.8, 4) is 0 Å². The van der Waals surface area contributed by atoms with Crippen molar-refractivity contribution in [2.45, 2.75) is 46.7 Å². The maximum atomic E-state index is 13.3. The number of urea groups is 1. The van der Waals surface area contributed by atoms with Gasteiger partial charge in [0.1, 0.15) is 0 Å². The van der Waals surface area contributed by atoms with Crippen molar-refractivity contribution in [3.05, 3.63) is 59.3 Å². The molecule has 8 nitrogen and oxygen atoms in total. The fourth-order valence-electron chi connectivity index (χ4n) is 4.84. The number of amides is 3. The zero-order valence-electron chi connectivity index (χ0n) is 21.5. The third-order valence-corrected chi connectivity index (χ3v) is 6.61. The molecule has 1 fully saturated rings. The SMILES string of the molecule is C=CCN1C(=O)NC(c2ccccc2C)C(C(=O)OCC)=C1CN1CCN(C(=O)C(C)C)C(C)C1. The van der Waals surface area contributed by atoms with Gasteiger partial charge in [0, 0.05) is 50.4 Å². The van der Waals surface area contributed by atoms with Gasteiger partial charge in [0.05, 0.1) is 18.2 Å². The van der Waals surface area contributed by atoms with E-state index in [4.69, 9.17) is 4.74 Å². The quantitative estimate of drug-likeness (QED) is 0.454. The molecule has 2 heterocycles. The van der Waals surface area contributed by atoms with Crippen LogP contribution >= 0.6 is 0 Å². The van der Waals surface area contributed by atoms with Crippen LogP contribution in [0.1, 0.15) is 44.9 Å². The summed E-state index contributed by atoms with van der Waals surface area (Å²) in [5, 5.41) is 3.02. The van der Waals surface area contributed by atoms with E-state index in [1.54, 1.807) is 17.9 Å². The normalized spacial score (nSPS) is 21.3. The van der Waals surface area contributed by atoms with Gasteiger partial charge in [-0.05, 0) is 31.9 Å². The van der Waals surface area contributed by atoms with Crippen LogP contribution in [0.2, 0.25) is 0 Å². The van der Waals surface area contributed by atoms with E-state index in [0.717, 1.165) is 11.1 Å². The lowest BCUT2D eigenvalue weighted by molar-refractivity contribution is -0.139. The van der Waals surface area contributed by atoms with E-state index < -0.39 is 12.0 Å². The maximum Gasteiger partial charge on any atom is 0.338 e. The fraction of sp³-hybridized carbons (Fsp3) is 0.519. The van der Waals surface area contributed by atoms with Crippen LogP contribution in [0.15, 0.2) is 48.2 Å². The van der Waals surface area contributed by atoms with Crippen LogP contribution in [-0.2, 0) is 14.3 Å². The Morgan fingerprint density at radius 2 is 1.97 bits per heavy atom. The summed E-state index contributed by atoms with van der Waals surface area (Å²) in [6, 6.07) is 6.87. The van der Waals surface area contributed by atoms with Crippen molar-refractivity contribution in [1.82, 2.24) is 20.0 Å². The van der Waals surface area contributed by atoms with Gasteiger partial charge in [-0.1, -0.05) is 44.2 Å². The zero-order chi connectivity index (χ0) is 25.7. The Morgan fingerprint density at radius 3 is 2.57 bits per heavy atom. The Labute approximate surface area is 208 Å². The predicted octanol–water partition coefficient (Wildman–Crippen LogP) is 3.25. The van der Waals surface area contributed by atoms with Crippen molar-refractivity contribution in [3.63, 3.8) is 0 Å². The smallest absolute Gasteiger partial charge is 0.338 e. The minimum absolute atomic E-state index is 0.0303. The molecule has 3 amide bonds. The molecular formula is C27H38N4O4. The van der Waals surface area contributed by atoms with E-state index in [1.807, 2.05) is 56.9 Å². The minimum Gasteiger partial charge on any atom is -0.463 e. The first kappa shape index (κ1) is 26.5. The average Bonchev–Trinajstić information content (AvgIpc) is 2.81. The van der Waals surface area contributed by atoms with Gasteiger partial charge in [-0.2, -0.15) is 0 Å². The Kier molecular flexibility index (Phi) is 8.72. The number of carbonyl (C=O) groups excluding carboxylic acids is 3. The summed E-state index contributed by atoms with van der Waals surface area (Å²) < 4.78 is 5.48. The van der Waals surface area contributed by atoms with E-state index in [2.05, 4.69) is 16.8 Å². The zero-order valence-corrected chi connectivity index (χ0v) is 21.5. The van der Waals surface area contributed by atoms with Crippen LogP contribution in [0.3, 0.4) is 0 Å². The molecule has 0 bridgehead atoms. The van der Waals surface area contributed by atoms with Gasteiger partial charge in [0.25, 0.3) is 0 Å². The first-order chi connectivity index (χ1) is 16.7. The number of aryl methyl sites for hydroxylation is 1. The first-order valence-corrected chi connectivity index (χ1v) is 12.4. The lowest BCUT2D eigenvalue weighted by atomic mass is 9.91. The number of hydrogen-bond donors (Lipinski definition) is 1. The molecule has 0 aromatic heterocycles. The highest BCUT2D eigenvalue weighted by Crippen LogP contribution is 2.34. The number of esters is 1. The number of carbonyl (C=O) groups is 3. The van der Waals surface area contributed by atoms with Gasteiger partial charge in [-0.25, -0.2) is 9.59 Å². The lowest BCUT2D eigenvalue weighted by Crippen LogP contribution is -2.57. The third-order valence-electron chi connectivity index (χ3n) is 6.61. The second kappa shape index (κ2) is 11.5. The summed E-state index contributed by atoms with van der Waals surface area (Å²) in [5.41, 5.74) is 2.90. The van der Waals surface area contributed by atoms with Gasteiger partial charge < -0.3 is 15.0 Å². The van der Waals surface area contributed by atoms with Gasteiger partial charge >= 0.3 is 12.0 Å². The summed E-state index contributed by atoms with van der Waals surface area (Å²) >= 11 is 0. The van der Waals surface area contributed by atoms with Gasteiger partial charge in [0.15, 0.2) is 0 Å². The second-order valence-electron chi connectivity index (χ2n) is 9.49. The molecule has 0 saturated carbocycles. The second-order valence-corrected chi connectivity index (χ2v) is 9.49. The van der Waals surface area contributed by atoms with Gasteiger partial charge in [0.2, 0.25) is 5.91 Å². The van der Waals surface area contributed by atoms with Crippen LogP contribution < -0.4 is 5.32 Å². The Bertz CT molecular complexity index is 1000. The topological polar surface area (TPSA) is 82.2 Å². The third kappa shape index (κ3) is 5.75. The highest BCUT2D eigenvalue weighted by Gasteiger charge is 2.39. The van der Waals surface area contributed by atoms with Crippen LogP contribution in [0.25, 0.3) is 0 Å². The van der Waals surface area contributed by atoms with E-state index in [0.29, 0.717) is 37.4 Å². The molecular weight excluding hydrogens is 444 g/mol. The summed E-state index contributed by atoms with van der Waals surface area (Å²) in [5.74, 6) is -0.345. The van der Waals surface area contributed by atoms with Crippen molar-refractivity contribution in [2.75, 3.05) is 39.3 Å². The van der Waals surface area contributed by atoms with Crippen molar-refractivity contribution >= 4 is 17.9 Å². The largest absolute Gasteiger partial charge is 0.463 e. The maximum absolute atomic E-state index is 13.3. The highest BCUT2D eigenvalue weighted by atomic mass is 16.5. The molecule has 2 aliphatic rings. The summed E-state index contributed by atoms with van der Waals surface area (Å²) in [4.78, 5) is 44.9. The molecule has 3 rings (SSSR count). The summed E-state index contributed by atoms with van der Waals surface area (Å²) in [6.07, 6.45) is 1.65. The Hall–Kier alpha value is -3.13. The number of ether oxygens (including phenoxy) is 1. The molecule has 35 heavy (non-hydrogen) atoms. The molecule has 1 saturated heterocycles. The Balaban J connectivity index is 2.02. The van der Waals surface area contributed by atoms with E-state index in [-0.39, 0.29) is 37.0 Å². The molecule has 2 atom stereocenters. The fourth-order valence-corrected chi connectivity index (χ4v) is 4.84. The van der Waals surface area contributed by atoms with Gasteiger partial charge in [-0.15, -0.1) is 6.58 Å². The number of hydrogen-bond acceptors (Lipinski definition) is 5. The molecule has 2 unspecified atom stereocenters. The Morgan fingerprint density at radius 1 is 1.26 bits per heavy atom. The number of nitrogens with one attached hydrogen (secondary N) is 1. The van der Waals surface area contributed by atoms with Crippen LogP contribution in [-0.4, -0.2) is 78.0 Å². The predicted molar refractivity (Wildman–Crippen MR) is 135 cm³/mol. The van der Waals surface area contributed by atoms with E-state index in [1.165, 1.54) is 0 Å². The molecule has 1 aromatic carbocycles. The van der Waals surface area contributed by atoms with Crippen molar-refractivity contribution in [2.24, 2.45) is 5.92 Å². The number of rotatable bonds is 8. The van der Waals surface area contributed by atoms with E-state index in [9.17, 15) is 14.4 Å². The molecule has 0 aliphatic carbocycles. The van der Waals surface area contributed by atoms with Crippen LogP contribution in [0, 0.1) is 12.8 Å². The lowest BCUT2D eigenvalue weighted by Gasteiger charge is -2.43. The molecule has 190 valence electrons. The van der Waals surface area contributed by atoms with Crippen LogP contribution in [0.5, 0.6) is 0 Å². The van der Waals surface area contributed by atoms with Crippen molar-refractivity contribution < 1.29 is 19.1 Å². The molecule has 8 heteroatoms. The van der Waals surface area contributed by atoms with Crippen molar-refractivity contribution in [1.29, 1.82) is 0 Å². The molecule has 1 aromatic rings. The van der Waals surface area contributed by atoms with E-state index >= 15 is 0 Å². The minimum atomic E-state index is -0.611. The van der Waals surface area contributed by atoms with Gasteiger partial charge in [-0.3, -0.25) is 14.6 Å². The number of nitrogens with zero attached hydrogens (tertiary/aromatic N) is 3. The standard InChI is InChI=1S/C27H38N4O4/c1-7-13-31-22(17-29-14-15-30(20(6)16-29)25(32)18(3)4)23(26(33)35-8-2)24(28-27(31)34)21-12-10-9-11-19(21)5/h7,9-12,18,20,24H,1,8,13-17H2,2-6H3,(H,28,34). The monoisotopic (exact) mass is 482 g/mol. The summed E-state index contributed by atoms with van der Waals surface area (Å²) in [6.45, 7) is 16.2. The molecule has 1 N–H and O–H groups in total. The molecule has 0 spiro atoms. The summed E-state index contributed by atoms with van der Waals surface area (Å²) in [7, 11) is 0. The van der Waals surface area contributed by atoms with Crippen LogP contribution in [0.4, 0.5) is 4.79 Å². The molecule has 0 radical (unpaired) electrons. The first-order valence-electron chi connectivity index (χ1n) is 12.4. The molecule has 2 aliphatic heterocycles. The average molecular weight is 483 g/mol.